The number of urea groups is 1. The topological polar surface area (TPSA) is 109 Å². The van der Waals surface area contributed by atoms with Crippen molar-refractivity contribution in [2.24, 2.45) is 5.16 Å². The Hall–Kier alpha value is -3.55. The summed E-state index contributed by atoms with van der Waals surface area (Å²) in [5, 5.41) is 18.4. The van der Waals surface area contributed by atoms with Crippen molar-refractivity contribution in [3.63, 3.8) is 0 Å². The van der Waals surface area contributed by atoms with Gasteiger partial charge in [-0.2, -0.15) is 0 Å². The first-order valence-corrected chi connectivity index (χ1v) is 8.76. The van der Waals surface area contributed by atoms with E-state index in [1.165, 1.54) is 12.1 Å². The Kier molecular flexibility index (Phi) is 6.11. The van der Waals surface area contributed by atoms with E-state index < -0.39 is 5.97 Å². The Morgan fingerprint density at radius 1 is 1.14 bits per heavy atom. The van der Waals surface area contributed by atoms with Gasteiger partial charge in [0.1, 0.15) is 5.75 Å². The molecule has 28 heavy (non-hydrogen) atoms. The third-order valence-electron chi connectivity index (χ3n) is 4.30. The second-order valence-corrected chi connectivity index (χ2v) is 6.26. The number of rotatable bonds is 7. The first kappa shape index (κ1) is 19.2. The number of oxime groups is 1. The Balaban J connectivity index is 1.40. The molecule has 2 aromatic carbocycles. The molecule has 8 nitrogen and oxygen atoms in total. The number of nitrogens with one attached hydrogen (secondary N) is 2. The summed E-state index contributed by atoms with van der Waals surface area (Å²) in [4.78, 5) is 28.2. The molecular weight excluding hydrogens is 362 g/mol. The number of amides is 2. The molecule has 1 unspecified atom stereocenters. The molecule has 0 radical (unpaired) electrons. The van der Waals surface area contributed by atoms with E-state index in [2.05, 4.69) is 15.8 Å². The van der Waals surface area contributed by atoms with E-state index in [0.29, 0.717) is 19.5 Å². The average Bonchev–Trinajstić information content (AvgIpc) is 3.20. The number of aromatic carboxylic acids is 1. The number of carboxylic acid groups (broad SMARTS) is 1. The maximum atomic E-state index is 11.9. The summed E-state index contributed by atoms with van der Waals surface area (Å²) in [6.45, 7) is 0.623. The fourth-order valence-electron chi connectivity index (χ4n) is 2.71. The van der Waals surface area contributed by atoms with Gasteiger partial charge in [0.15, 0.2) is 6.10 Å². The van der Waals surface area contributed by atoms with E-state index in [9.17, 15) is 9.59 Å². The molecule has 3 rings (SSSR count). The number of carbonyl (C=O) groups is 2. The lowest BCUT2D eigenvalue weighted by Crippen LogP contribution is -2.39. The number of benzene rings is 2. The smallest absolute Gasteiger partial charge is 0.335 e. The van der Waals surface area contributed by atoms with Gasteiger partial charge in [-0.3, -0.25) is 0 Å². The molecule has 146 valence electrons. The fraction of sp³-hybridized carbons (Fsp3) is 0.250. The Morgan fingerprint density at radius 2 is 1.86 bits per heavy atom. The molecule has 0 saturated carbocycles. The molecule has 0 bridgehead atoms. The van der Waals surface area contributed by atoms with Crippen LogP contribution in [0.1, 0.15) is 27.9 Å². The van der Waals surface area contributed by atoms with Crippen molar-refractivity contribution in [1.82, 2.24) is 10.6 Å². The van der Waals surface area contributed by atoms with Gasteiger partial charge in [-0.15, -0.1) is 0 Å². The molecule has 3 N–H and O–H groups in total. The number of hydrogen-bond acceptors (Lipinski definition) is 5. The van der Waals surface area contributed by atoms with Gasteiger partial charge in [-0.25, -0.2) is 9.59 Å². The highest BCUT2D eigenvalue weighted by Gasteiger charge is 2.22. The maximum absolute atomic E-state index is 11.9. The molecule has 0 aliphatic carbocycles. The van der Waals surface area contributed by atoms with Crippen molar-refractivity contribution in [3.8, 4) is 5.75 Å². The molecule has 2 amide bonds. The van der Waals surface area contributed by atoms with Crippen LogP contribution in [-0.4, -0.2) is 42.6 Å². The summed E-state index contributed by atoms with van der Waals surface area (Å²) in [6, 6.07) is 13.6. The molecule has 0 aromatic heterocycles. The predicted octanol–water partition coefficient (Wildman–Crippen LogP) is 2.39. The number of nitrogens with zero attached hydrogens (tertiary/aromatic N) is 1. The molecule has 1 atom stereocenters. The van der Waals surface area contributed by atoms with Crippen molar-refractivity contribution in [3.05, 3.63) is 65.2 Å². The van der Waals surface area contributed by atoms with Crippen LogP contribution in [0.25, 0.3) is 0 Å². The number of hydrogen-bond donors (Lipinski definition) is 3. The average molecular weight is 383 g/mol. The predicted molar refractivity (Wildman–Crippen MR) is 103 cm³/mol. The van der Waals surface area contributed by atoms with Gasteiger partial charge in [0.25, 0.3) is 0 Å². The molecule has 1 aliphatic rings. The van der Waals surface area contributed by atoms with Crippen molar-refractivity contribution in [2.75, 3.05) is 13.7 Å². The van der Waals surface area contributed by atoms with Crippen molar-refractivity contribution in [1.29, 1.82) is 0 Å². The van der Waals surface area contributed by atoms with Gasteiger partial charge in [0.05, 0.1) is 24.9 Å². The van der Waals surface area contributed by atoms with Crippen LogP contribution in [0.5, 0.6) is 5.75 Å². The first-order chi connectivity index (χ1) is 13.5. The summed E-state index contributed by atoms with van der Waals surface area (Å²) in [5.74, 6) is -0.208. The van der Waals surface area contributed by atoms with Crippen LogP contribution < -0.4 is 15.4 Å². The van der Waals surface area contributed by atoms with E-state index in [4.69, 9.17) is 14.7 Å². The minimum atomic E-state index is -0.981. The van der Waals surface area contributed by atoms with Crippen LogP contribution >= 0.6 is 0 Å². The number of methoxy groups -OCH3 is 1. The lowest BCUT2D eigenvalue weighted by Gasteiger charge is -2.11. The standard InChI is InChI=1S/C20H21N3O5/c1-27-16-8-6-14(7-9-16)18-10-17(28-23-18)12-22-20(26)21-11-13-2-4-15(5-3-13)19(24)25/h2-9,17H,10-12H2,1H3,(H,24,25)(H2,21,22,26). The third-order valence-corrected chi connectivity index (χ3v) is 4.30. The van der Waals surface area contributed by atoms with E-state index in [1.807, 2.05) is 24.3 Å². The molecule has 0 saturated heterocycles. The van der Waals surface area contributed by atoms with Crippen LogP contribution in [-0.2, 0) is 11.4 Å². The van der Waals surface area contributed by atoms with Crippen molar-refractivity contribution < 1.29 is 24.3 Å². The third kappa shape index (κ3) is 5.00. The zero-order valence-electron chi connectivity index (χ0n) is 15.3. The molecule has 0 spiro atoms. The highest BCUT2D eigenvalue weighted by atomic mass is 16.6. The number of ether oxygens (including phenoxy) is 1. The minimum Gasteiger partial charge on any atom is -0.497 e. The Labute approximate surface area is 162 Å². The van der Waals surface area contributed by atoms with Crippen LogP contribution in [0.4, 0.5) is 4.79 Å². The summed E-state index contributed by atoms with van der Waals surface area (Å²) < 4.78 is 5.14. The zero-order chi connectivity index (χ0) is 19.9. The molecule has 2 aromatic rings. The lowest BCUT2D eigenvalue weighted by molar-refractivity contribution is 0.0697. The van der Waals surface area contributed by atoms with Crippen LogP contribution in [0.15, 0.2) is 53.7 Å². The molecule has 8 heteroatoms. The Morgan fingerprint density at radius 3 is 2.50 bits per heavy atom. The second-order valence-electron chi connectivity index (χ2n) is 6.26. The van der Waals surface area contributed by atoms with E-state index >= 15 is 0 Å². The SMILES string of the molecule is COc1ccc(C2=NOC(CNC(=O)NCc3ccc(C(=O)O)cc3)C2)cc1. The van der Waals surface area contributed by atoms with Gasteiger partial charge in [-0.05, 0) is 47.5 Å². The van der Waals surface area contributed by atoms with Gasteiger partial charge in [0, 0.05) is 13.0 Å². The Bertz CT molecular complexity index is 862. The van der Waals surface area contributed by atoms with Gasteiger partial charge in [-0.1, -0.05) is 17.3 Å². The highest BCUT2D eigenvalue weighted by Crippen LogP contribution is 2.19. The zero-order valence-corrected chi connectivity index (χ0v) is 15.3. The van der Waals surface area contributed by atoms with Gasteiger partial charge >= 0.3 is 12.0 Å². The molecule has 0 fully saturated rings. The maximum Gasteiger partial charge on any atom is 0.335 e. The summed E-state index contributed by atoms with van der Waals surface area (Å²) in [5.41, 5.74) is 2.80. The largest absolute Gasteiger partial charge is 0.497 e. The normalized spacial score (nSPS) is 15.3. The number of carboxylic acids is 1. The lowest BCUT2D eigenvalue weighted by atomic mass is 10.0. The van der Waals surface area contributed by atoms with Crippen molar-refractivity contribution in [2.45, 2.75) is 19.1 Å². The van der Waals surface area contributed by atoms with E-state index in [-0.39, 0.29) is 17.7 Å². The summed E-state index contributed by atoms with van der Waals surface area (Å²) in [6.07, 6.45) is 0.376. The summed E-state index contributed by atoms with van der Waals surface area (Å²) in [7, 11) is 1.61. The van der Waals surface area contributed by atoms with Crippen molar-refractivity contribution >= 4 is 17.7 Å². The quantitative estimate of drug-likeness (QED) is 0.680. The van der Waals surface area contributed by atoms with E-state index in [0.717, 1.165) is 22.6 Å². The van der Waals surface area contributed by atoms with Crippen LogP contribution in [0.2, 0.25) is 0 Å². The van der Waals surface area contributed by atoms with Gasteiger partial charge < -0.3 is 25.3 Å². The van der Waals surface area contributed by atoms with Crippen LogP contribution in [0.3, 0.4) is 0 Å². The molecule has 1 heterocycles. The minimum absolute atomic E-state index is 0.208. The first-order valence-electron chi connectivity index (χ1n) is 8.76. The molecular formula is C20H21N3O5. The number of carbonyl (C=O) groups excluding carboxylic acids is 1. The van der Waals surface area contributed by atoms with Gasteiger partial charge in [0.2, 0.25) is 0 Å². The monoisotopic (exact) mass is 383 g/mol. The fourth-order valence-corrected chi connectivity index (χ4v) is 2.71. The molecule has 1 aliphatic heterocycles. The second kappa shape index (κ2) is 8.90. The summed E-state index contributed by atoms with van der Waals surface area (Å²) >= 11 is 0. The van der Waals surface area contributed by atoms with Crippen LogP contribution in [0, 0.1) is 0 Å². The highest BCUT2D eigenvalue weighted by molar-refractivity contribution is 6.01. The van der Waals surface area contributed by atoms with E-state index in [1.54, 1.807) is 19.2 Å².